The zero-order chi connectivity index (χ0) is 27.3. The lowest BCUT2D eigenvalue weighted by Gasteiger charge is -2.36. The van der Waals surface area contributed by atoms with Crippen molar-refractivity contribution in [3.8, 4) is 5.75 Å². The van der Waals surface area contributed by atoms with E-state index in [0.29, 0.717) is 10.6 Å². The number of nitrogens with one attached hydrogen (secondary N) is 2. The van der Waals surface area contributed by atoms with E-state index in [1.807, 2.05) is 0 Å². The quantitative estimate of drug-likeness (QED) is 0.242. The van der Waals surface area contributed by atoms with Gasteiger partial charge in [-0.15, -0.1) is 0 Å². The van der Waals surface area contributed by atoms with Gasteiger partial charge in [0.2, 0.25) is 0 Å². The maximum Gasteiger partial charge on any atom is 0.416 e. The van der Waals surface area contributed by atoms with Crippen molar-refractivity contribution in [2.24, 2.45) is 0 Å². The van der Waals surface area contributed by atoms with Crippen LogP contribution in [-0.4, -0.2) is 18.1 Å². The minimum Gasteiger partial charge on any atom is -0.496 e. The Kier molecular flexibility index (Phi) is 7.87. The summed E-state index contributed by atoms with van der Waals surface area (Å²) in [6.07, 6.45) is -3.34. The van der Waals surface area contributed by atoms with Crippen LogP contribution in [0.25, 0.3) is 0 Å². The number of halogens is 5. The monoisotopic (exact) mass is 543 g/mol. The lowest BCUT2D eigenvalue weighted by atomic mass is 9.79. The minimum atomic E-state index is -4.67. The molecule has 1 heterocycles. The zero-order valence-corrected chi connectivity index (χ0v) is 20.8. The van der Waals surface area contributed by atoms with Crippen LogP contribution < -0.4 is 15.4 Å². The van der Waals surface area contributed by atoms with Crippen molar-refractivity contribution in [2.45, 2.75) is 18.1 Å². The Labute approximate surface area is 221 Å². The number of alkyl halides is 3. The van der Waals surface area contributed by atoms with Gasteiger partial charge in [-0.2, -0.15) is 13.2 Å². The Bertz CT molecular complexity index is 1420. The SMILES string of the molecule is COc1ccc(C(F)(F)F)cc1C(Cc1ccccc1)(NC(=O)Nc1cccc(F)c1)c1ccc(Cl)cn1. The summed E-state index contributed by atoms with van der Waals surface area (Å²) in [5.74, 6) is -0.478. The number of pyridine rings is 1. The summed E-state index contributed by atoms with van der Waals surface area (Å²) in [7, 11) is 1.32. The fourth-order valence-corrected chi connectivity index (χ4v) is 4.28. The van der Waals surface area contributed by atoms with Gasteiger partial charge in [-0.25, -0.2) is 9.18 Å². The third kappa shape index (κ3) is 6.06. The largest absolute Gasteiger partial charge is 0.496 e. The molecule has 2 N–H and O–H groups in total. The molecule has 1 aromatic heterocycles. The van der Waals surface area contributed by atoms with Crippen LogP contribution in [0, 0.1) is 5.82 Å². The Morgan fingerprint density at radius 3 is 2.37 bits per heavy atom. The highest BCUT2D eigenvalue weighted by molar-refractivity contribution is 6.30. The molecule has 0 aliphatic rings. The number of carbonyl (C=O) groups is 1. The maximum atomic E-state index is 13.9. The number of rotatable bonds is 7. The number of amides is 2. The molecule has 1 unspecified atom stereocenters. The smallest absolute Gasteiger partial charge is 0.416 e. The molecule has 3 aromatic carbocycles. The van der Waals surface area contributed by atoms with Crippen molar-refractivity contribution in [3.05, 3.63) is 124 Å². The molecule has 0 bridgehead atoms. The minimum absolute atomic E-state index is 0.00326. The van der Waals surface area contributed by atoms with Gasteiger partial charge in [0.05, 0.1) is 23.4 Å². The summed E-state index contributed by atoms with van der Waals surface area (Å²) in [4.78, 5) is 17.8. The number of methoxy groups -OCH3 is 1. The molecule has 196 valence electrons. The average Bonchev–Trinajstić information content (AvgIpc) is 2.88. The summed E-state index contributed by atoms with van der Waals surface area (Å²) < 4.78 is 60.8. The van der Waals surface area contributed by atoms with Crippen LogP contribution in [0.3, 0.4) is 0 Å². The average molecular weight is 544 g/mol. The lowest BCUT2D eigenvalue weighted by Crippen LogP contribution is -2.51. The highest BCUT2D eigenvalue weighted by atomic mass is 35.5. The van der Waals surface area contributed by atoms with Crippen molar-refractivity contribution in [2.75, 3.05) is 12.4 Å². The molecule has 5 nitrogen and oxygen atoms in total. The van der Waals surface area contributed by atoms with E-state index < -0.39 is 29.1 Å². The van der Waals surface area contributed by atoms with Crippen LogP contribution in [0.4, 0.5) is 28.0 Å². The molecule has 0 radical (unpaired) electrons. The second kappa shape index (κ2) is 11.1. The number of hydrogen-bond donors (Lipinski definition) is 2. The molecule has 1 atom stereocenters. The van der Waals surface area contributed by atoms with Gasteiger partial charge in [-0.3, -0.25) is 4.98 Å². The van der Waals surface area contributed by atoms with E-state index in [4.69, 9.17) is 16.3 Å². The molecule has 0 aliphatic carbocycles. The van der Waals surface area contributed by atoms with Crippen LogP contribution in [0.5, 0.6) is 5.75 Å². The number of benzene rings is 3. The summed E-state index contributed by atoms with van der Waals surface area (Å²) in [5, 5.41) is 5.67. The van der Waals surface area contributed by atoms with Gasteiger partial charge in [0.1, 0.15) is 17.1 Å². The fraction of sp³-hybridized carbons (Fsp3) is 0.143. The molecule has 0 spiro atoms. The van der Waals surface area contributed by atoms with Gasteiger partial charge in [0, 0.05) is 23.9 Å². The van der Waals surface area contributed by atoms with Crippen LogP contribution >= 0.6 is 11.6 Å². The predicted molar refractivity (Wildman–Crippen MR) is 137 cm³/mol. The molecule has 38 heavy (non-hydrogen) atoms. The number of ether oxygens (including phenoxy) is 1. The van der Waals surface area contributed by atoms with E-state index in [-0.39, 0.29) is 29.1 Å². The number of nitrogens with zero attached hydrogens (tertiary/aromatic N) is 1. The van der Waals surface area contributed by atoms with Gasteiger partial charge < -0.3 is 15.4 Å². The van der Waals surface area contributed by atoms with E-state index in [0.717, 1.165) is 18.2 Å². The van der Waals surface area contributed by atoms with Gasteiger partial charge in [-0.05, 0) is 54.1 Å². The molecule has 4 aromatic rings. The van der Waals surface area contributed by atoms with E-state index in [1.165, 1.54) is 49.7 Å². The molecular weight excluding hydrogens is 522 g/mol. The molecule has 10 heteroatoms. The third-order valence-corrected chi connectivity index (χ3v) is 6.10. The van der Waals surface area contributed by atoms with E-state index in [1.54, 1.807) is 30.3 Å². The van der Waals surface area contributed by atoms with Crippen LogP contribution in [-0.2, 0) is 18.1 Å². The lowest BCUT2D eigenvalue weighted by molar-refractivity contribution is -0.137. The standard InChI is InChI=1S/C28H22ClF4N3O2/c1-38-24-12-10-19(28(31,32)33)14-23(24)27(16-18-6-3-2-4-7-18,25-13-11-20(29)17-34-25)36-26(37)35-22-9-5-8-21(30)15-22/h2-15,17H,16H2,1H3,(H2,35,36,37). The summed E-state index contributed by atoms with van der Waals surface area (Å²) in [6, 6.07) is 19.4. The van der Waals surface area contributed by atoms with E-state index in [9.17, 15) is 22.4 Å². The van der Waals surface area contributed by atoms with Crippen molar-refractivity contribution >= 4 is 23.3 Å². The van der Waals surface area contributed by atoms with Gasteiger partial charge >= 0.3 is 12.2 Å². The molecule has 2 amide bonds. The molecule has 4 rings (SSSR count). The first-order valence-corrected chi connectivity index (χ1v) is 11.7. The number of aromatic nitrogens is 1. The van der Waals surface area contributed by atoms with Crippen LogP contribution in [0.15, 0.2) is 91.1 Å². The first kappa shape index (κ1) is 26.9. The zero-order valence-electron chi connectivity index (χ0n) is 20.0. The first-order valence-electron chi connectivity index (χ1n) is 11.4. The van der Waals surface area contributed by atoms with E-state index in [2.05, 4.69) is 15.6 Å². The topological polar surface area (TPSA) is 63.2 Å². The predicted octanol–water partition coefficient (Wildman–Crippen LogP) is 7.21. The number of hydrogen-bond acceptors (Lipinski definition) is 3. The maximum absolute atomic E-state index is 13.9. The molecule has 0 fully saturated rings. The normalized spacial score (nSPS) is 12.9. The second-order valence-electron chi connectivity index (χ2n) is 8.43. The number of urea groups is 1. The third-order valence-electron chi connectivity index (χ3n) is 5.87. The second-order valence-corrected chi connectivity index (χ2v) is 8.87. The molecule has 0 aliphatic heterocycles. The van der Waals surface area contributed by atoms with Gasteiger partial charge in [0.15, 0.2) is 0 Å². The van der Waals surface area contributed by atoms with Crippen LogP contribution in [0.2, 0.25) is 5.02 Å². The molecule has 0 saturated heterocycles. The number of anilines is 1. The summed E-state index contributed by atoms with van der Waals surface area (Å²) >= 11 is 6.07. The Balaban J connectivity index is 1.95. The number of carbonyl (C=O) groups excluding carboxylic acids is 1. The fourth-order valence-electron chi connectivity index (χ4n) is 4.17. The van der Waals surface area contributed by atoms with E-state index >= 15 is 0 Å². The summed E-state index contributed by atoms with van der Waals surface area (Å²) in [5.41, 5.74) is -1.55. The summed E-state index contributed by atoms with van der Waals surface area (Å²) in [6.45, 7) is 0. The molecular formula is C28H22ClF4N3O2. The Morgan fingerprint density at radius 2 is 1.74 bits per heavy atom. The highest BCUT2D eigenvalue weighted by Gasteiger charge is 2.42. The van der Waals surface area contributed by atoms with Crippen molar-refractivity contribution in [1.29, 1.82) is 0 Å². The Hall–Kier alpha value is -4.11. The van der Waals surface area contributed by atoms with Gasteiger partial charge in [-0.1, -0.05) is 48.0 Å². The van der Waals surface area contributed by atoms with Crippen molar-refractivity contribution in [3.63, 3.8) is 0 Å². The highest BCUT2D eigenvalue weighted by Crippen LogP contribution is 2.41. The van der Waals surface area contributed by atoms with Crippen molar-refractivity contribution in [1.82, 2.24) is 10.3 Å². The van der Waals surface area contributed by atoms with Crippen LogP contribution in [0.1, 0.15) is 22.4 Å². The van der Waals surface area contributed by atoms with Gasteiger partial charge in [0.25, 0.3) is 0 Å². The van der Waals surface area contributed by atoms with Crippen molar-refractivity contribution < 1.29 is 27.1 Å². The molecule has 0 saturated carbocycles. The first-order chi connectivity index (χ1) is 18.1. The Morgan fingerprint density at radius 1 is 0.974 bits per heavy atom.